The Labute approximate surface area is 60.3 Å². The Balaban J connectivity index is 2.39. The highest BCUT2D eigenvalue weighted by Gasteiger charge is 2.16. The highest BCUT2D eigenvalue weighted by atomic mass is 16.6. The second kappa shape index (κ2) is 3.25. The Bertz CT molecular complexity index is 145. The Hall–Kier alpha value is -0.990. The van der Waals surface area contributed by atoms with Gasteiger partial charge in [-0.3, -0.25) is 0 Å². The number of hydrogen-bond acceptors (Lipinski definition) is 2. The van der Waals surface area contributed by atoms with Crippen LogP contribution < -0.4 is 0 Å². The number of hydrogen-bond donors (Lipinski definition) is 0. The van der Waals surface area contributed by atoms with Gasteiger partial charge in [-0.25, -0.2) is 4.79 Å². The largest absolute Gasteiger partial charge is 0.449 e. The maximum Gasteiger partial charge on any atom is 0.410 e. The van der Waals surface area contributed by atoms with E-state index in [1.54, 1.807) is 11.0 Å². The monoisotopic (exact) mass is 141 g/mol. The number of cyclic esters (lactones) is 1. The summed E-state index contributed by atoms with van der Waals surface area (Å²) in [6.45, 7) is 5.49. The van der Waals surface area contributed by atoms with Gasteiger partial charge in [0, 0.05) is 13.1 Å². The average Bonchev–Trinajstić information content (AvgIpc) is 1.94. The topological polar surface area (TPSA) is 29.5 Å². The van der Waals surface area contributed by atoms with Gasteiger partial charge in [0.25, 0.3) is 0 Å². The van der Waals surface area contributed by atoms with Crippen molar-refractivity contribution in [2.45, 2.75) is 6.42 Å². The zero-order valence-electron chi connectivity index (χ0n) is 5.88. The SMILES string of the molecule is C=CCN1CCCOC1=O. The van der Waals surface area contributed by atoms with E-state index < -0.39 is 0 Å². The molecule has 1 heterocycles. The lowest BCUT2D eigenvalue weighted by Crippen LogP contribution is -2.37. The summed E-state index contributed by atoms with van der Waals surface area (Å²) in [5.41, 5.74) is 0. The molecule has 1 amide bonds. The van der Waals surface area contributed by atoms with Gasteiger partial charge in [0.2, 0.25) is 0 Å². The van der Waals surface area contributed by atoms with Gasteiger partial charge in [-0.2, -0.15) is 0 Å². The molecule has 1 fully saturated rings. The Morgan fingerprint density at radius 2 is 2.60 bits per heavy atom. The molecule has 0 atom stereocenters. The summed E-state index contributed by atoms with van der Waals surface area (Å²) in [4.78, 5) is 12.5. The van der Waals surface area contributed by atoms with Gasteiger partial charge in [0.15, 0.2) is 0 Å². The zero-order chi connectivity index (χ0) is 7.40. The lowest BCUT2D eigenvalue weighted by Gasteiger charge is -2.24. The van der Waals surface area contributed by atoms with Gasteiger partial charge in [-0.05, 0) is 6.42 Å². The Morgan fingerprint density at radius 1 is 1.80 bits per heavy atom. The van der Waals surface area contributed by atoms with Crippen LogP contribution in [-0.4, -0.2) is 30.7 Å². The van der Waals surface area contributed by atoms with Crippen molar-refractivity contribution in [2.75, 3.05) is 19.7 Å². The summed E-state index contributed by atoms with van der Waals surface area (Å²) in [7, 11) is 0. The van der Waals surface area contributed by atoms with Crippen molar-refractivity contribution in [3.63, 3.8) is 0 Å². The molecule has 1 saturated heterocycles. The summed E-state index contributed by atoms with van der Waals surface area (Å²) in [5, 5.41) is 0. The van der Waals surface area contributed by atoms with Crippen molar-refractivity contribution >= 4 is 6.09 Å². The first-order valence-electron chi connectivity index (χ1n) is 3.37. The predicted molar refractivity (Wildman–Crippen MR) is 37.7 cm³/mol. The second-order valence-electron chi connectivity index (χ2n) is 2.20. The molecule has 10 heavy (non-hydrogen) atoms. The van der Waals surface area contributed by atoms with Crippen LogP contribution in [0.4, 0.5) is 4.79 Å². The normalized spacial score (nSPS) is 18.4. The van der Waals surface area contributed by atoms with Crippen molar-refractivity contribution in [3.05, 3.63) is 12.7 Å². The first-order valence-corrected chi connectivity index (χ1v) is 3.37. The average molecular weight is 141 g/mol. The summed E-state index contributed by atoms with van der Waals surface area (Å²) in [6.07, 6.45) is 2.41. The summed E-state index contributed by atoms with van der Waals surface area (Å²) in [6, 6.07) is 0. The lowest BCUT2D eigenvalue weighted by atomic mass is 10.3. The standard InChI is InChI=1S/C7H11NO2/c1-2-4-8-5-3-6-10-7(8)9/h2H,1,3-6H2. The number of amides is 1. The van der Waals surface area contributed by atoms with Crippen molar-refractivity contribution in [1.29, 1.82) is 0 Å². The molecule has 0 unspecified atom stereocenters. The molecule has 3 heteroatoms. The molecule has 0 aromatic carbocycles. The van der Waals surface area contributed by atoms with Crippen LogP contribution in [0.3, 0.4) is 0 Å². The van der Waals surface area contributed by atoms with Gasteiger partial charge < -0.3 is 9.64 Å². The molecule has 0 N–H and O–H groups in total. The van der Waals surface area contributed by atoms with E-state index in [1.807, 2.05) is 0 Å². The number of carbonyl (C=O) groups is 1. The number of rotatable bonds is 2. The van der Waals surface area contributed by atoms with Gasteiger partial charge in [-0.15, -0.1) is 6.58 Å². The van der Waals surface area contributed by atoms with Crippen LogP contribution in [0.15, 0.2) is 12.7 Å². The van der Waals surface area contributed by atoms with E-state index in [9.17, 15) is 4.79 Å². The zero-order valence-corrected chi connectivity index (χ0v) is 5.88. The minimum absolute atomic E-state index is 0.217. The van der Waals surface area contributed by atoms with E-state index in [2.05, 4.69) is 6.58 Å². The third-order valence-electron chi connectivity index (χ3n) is 1.41. The van der Waals surface area contributed by atoms with Gasteiger partial charge in [0.1, 0.15) is 0 Å². The highest BCUT2D eigenvalue weighted by Crippen LogP contribution is 2.03. The lowest BCUT2D eigenvalue weighted by molar-refractivity contribution is 0.0776. The molecule has 3 nitrogen and oxygen atoms in total. The van der Waals surface area contributed by atoms with E-state index >= 15 is 0 Å². The summed E-state index contributed by atoms with van der Waals surface area (Å²) in [5.74, 6) is 0. The quantitative estimate of drug-likeness (QED) is 0.537. The first kappa shape index (κ1) is 7.12. The molecule has 0 saturated carbocycles. The predicted octanol–water partition coefficient (Wildman–Crippen LogP) is 1.01. The van der Waals surface area contributed by atoms with Crippen LogP contribution in [0.5, 0.6) is 0 Å². The number of ether oxygens (including phenoxy) is 1. The van der Waals surface area contributed by atoms with E-state index in [1.165, 1.54) is 0 Å². The van der Waals surface area contributed by atoms with Crippen LogP contribution in [-0.2, 0) is 4.74 Å². The van der Waals surface area contributed by atoms with E-state index in [4.69, 9.17) is 4.74 Å². The van der Waals surface area contributed by atoms with Crippen LogP contribution >= 0.6 is 0 Å². The molecule has 0 radical (unpaired) electrons. The van der Waals surface area contributed by atoms with Crippen molar-refractivity contribution in [2.24, 2.45) is 0 Å². The molecular weight excluding hydrogens is 130 g/mol. The third kappa shape index (κ3) is 1.50. The highest BCUT2D eigenvalue weighted by molar-refractivity contribution is 5.68. The Morgan fingerprint density at radius 3 is 3.20 bits per heavy atom. The number of carbonyl (C=O) groups excluding carboxylic acids is 1. The van der Waals surface area contributed by atoms with Gasteiger partial charge in [-0.1, -0.05) is 6.08 Å². The third-order valence-corrected chi connectivity index (χ3v) is 1.41. The van der Waals surface area contributed by atoms with Crippen LogP contribution in [0.1, 0.15) is 6.42 Å². The molecule has 1 aliphatic heterocycles. The fourth-order valence-corrected chi connectivity index (χ4v) is 0.919. The molecule has 0 aromatic rings. The van der Waals surface area contributed by atoms with E-state index in [-0.39, 0.29) is 6.09 Å². The fraction of sp³-hybridized carbons (Fsp3) is 0.571. The Kier molecular flexibility index (Phi) is 2.31. The molecular formula is C7H11NO2. The maximum absolute atomic E-state index is 10.8. The van der Waals surface area contributed by atoms with Crippen molar-refractivity contribution < 1.29 is 9.53 Å². The maximum atomic E-state index is 10.8. The first-order chi connectivity index (χ1) is 4.84. The second-order valence-corrected chi connectivity index (χ2v) is 2.20. The summed E-state index contributed by atoms with van der Waals surface area (Å²) < 4.78 is 4.78. The molecule has 1 aliphatic rings. The van der Waals surface area contributed by atoms with E-state index in [0.717, 1.165) is 13.0 Å². The number of nitrogens with zero attached hydrogens (tertiary/aromatic N) is 1. The van der Waals surface area contributed by atoms with Crippen molar-refractivity contribution in [3.8, 4) is 0 Å². The van der Waals surface area contributed by atoms with Gasteiger partial charge >= 0.3 is 6.09 Å². The van der Waals surface area contributed by atoms with E-state index in [0.29, 0.717) is 13.2 Å². The van der Waals surface area contributed by atoms with Crippen LogP contribution in [0, 0.1) is 0 Å². The van der Waals surface area contributed by atoms with Crippen LogP contribution in [0.25, 0.3) is 0 Å². The molecule has 0 spiro atoms. The van der Waals surface area contributed by atoms with Gasteiger partial charge in [0.05, 0.1) is 6.61 Å². The summed E-state index contributed by atoms with van der Waals surface area (Å²) >= 11 is 0. The minimum Gasteiger partial charge on any atom is -0.449 e. The molecule has 0 aliphatic carbocycles. The molecule has 0 aromatic heterocycles. The van der Waals surface area contributed by atoms with Crippen LogP contribution in [0.2, 0.25) is 0 Å². The minimum atomic E-state index is -0.217. The molecule has 56 valence electrons. The molecule has 1 rings (SSSR count). The smallest absolute Gasteiger partial charge is 0.410 e. The van der Waals surface area contributed by atoms with Crippen molar-refractivity contribution in [1.82, 2.24) is 4.90 Å². The molecule has 0 bridgehead atoms. The fourth-order valence-electron chi connectivity index (χ4n) is 0.919.